The van der Waals surface area contributed by atoms with E-state index in [9.17, 15) is 26.7 Å². The van der Waals surface area contributed by atoms with Crippen LogP contribution >= 0.6 is 11.6 Å². The smallest absolute Gasteiger partial charge is 0.417 e. The van der Waals surface area contributed by atoms with Crippen molar-refractivity contribution in [2.24, 2.45) is 0 Å². The molecular weight excluding hydrogens is 537 g/mol. The van der Waals surface area contributed by atoms with Crippen molar-refractivity contribution in [1.29, 1.82) is 0 Å². The second-order valence-electron chi connectivity index (χ2n) is 8.39. The molecule has 0 radical (unpaired) electrons. The van der Waals surface area contributed by atoms with Gasteiger partial charge in [0.05, 0.1) is 23.8 Å². The summed E-state index contributed by atoms with van der Waals surface area (Å²) in [7, 11) is 0. The van der Waals surface area contributed by atoms with Gasteiger partial charge in [-0.2, -0.15) is 18.2 Å². The zero-order valence-corrected chi connectivity index (χ0v) is 20.9. The van der Waals surface area contributed by atoms with Crippen molar-refractivity contribution >= 4 is 17.4 Å². The number of anilines is 1. The zero-order chi connectivity index (χ0) is 27.4. The first-order valence-corrected chi connectivity index (χ1v) is 12.0. The first-order chi connectivity index (χ1) is 18.1. The van der Waals surface area contributed by atoms with Gasteiger partial charge in [0.15, 0.2) is 11.6 Å². The monoisotopic (exact) mass is 559 g/mol. The molecule has 1 fully saturated rings. The van der Waals surface area contributed by atoms with E-state index in [1.165, 1.54) is 4.57 Å². The van der Waals surface area contributed by atoms with Crippen molar-refractivity contribution in [1.82, 2.24) is 9.55 Å². The average molecular weight is 560 g/mol. The molecule has 38 heavy (non-hydrogen) atoms. The van der Waals surface area contributed by atoms with E-state index in [2.05, 4.69) is 4.98 Å². The van der Waals surface area contributed by atoms with Gasteiger partial charge < -0.3 is 19.1 Å². The molecule has 3 aromatic rings. The number of benzene rings is 2. The van der Waals surface area contributed by atoms with Crippen molar-refractivity contribution in [2.45, 2.75) is 32.7 Å². The highest BCUT2D eigenvalue weighted by Crippen LogP contribution is 2.39. The Hall–Kier alpha value is -3.38. The Morgan fingerprint density at radius 2 is 1.84 bits per heavy atom. The van der Waals surface area contributed by atoms with Gasteiger partial charge in [-0.15, -0.1) is 0 Å². The Bertz CT molecular complexity index is 1360. The minimum Gasteiger partial charge on any atom is -0.472 e. The lowest BCUT2D eigenvalue weighted by molar-refractivity contribution is -0.137. The minimum atomic E-state index is -4.77. The topological polar surface area (TPSA) is 65.8 Å². The fourth-order valence-electron chi connectivity index (χ4n) is 3.93. The summed E-state index contributed by atoms with van der Waals surface area (Å²) in [6.45, 7) is 3.88. The molecule has 1 aromatic heterocycles. The summed E-state index contributed by atoms with van der Waals surface area (Å²) in [6.07, 6.45) is -4.09. The number of halogens is 6. The maximum absolute atomic E-state index is 14.7. The summed E-state index contributed by atoms with van der Waals surface area (Å²) in [5, 5.41) is -0.562. The molecule has 7 nitrogen and oxygen atoms in total. The third-order valence-electron chi connectivity index (χ3n) is 5.67. The molecule has 2 aromatic carbocycles. The van der Waals surface area contributed by atoms with Crippen LogP contribution in [0.4, 0.5) is 27.8 Å². The van der Waals surface area contributed by atoms with Crippen molar-refractivity contribution in [3.05, 3.63) is 74.7 Å². The highest BCUT2D eigenvalue weighted by atomic mass is 35.5. The first-order valence-electron chi connectivity index (χ1n) is 11.7. The summed E-state index contributed by atoms with van der Waals surface area (Å²) in [4.78, 5) is 18.6. The Balaban J connectivity index is 1.63. The van der Waals surface area contributed by atoms with Gasteiger partial charge in [0, 0.05) is 37.3 Å². The molecule has 0 unspecified atom stereocenters. The Kier molecular flexibility index (Phi) is 8.41. The van der Waals surface area contributed by atoms with E-state index in [-0.39, 0.29) is 17.2 Å². The lowest BCUT2D eigenvalue weighted by Crippen LogP contribution is -2.40. The van der Waals surface area contributed by atoms with Crippen LogP contribution in [0.1, 0.15) is 24.5 Å². The van der Waals surface area contributed by atoms with Crippen molar-refractivity contribution in [3.8, 4) is 17.4 Å². The summed E-state index contributed by atoms with van der Waals surface area (Å²) in [6, 6.07) is 5.68. The lowest BCUT2D eigenvalue weighted by atomic mass is 10.1. The predicted molar refractivity (Wildman–Crippen MR) is 129 cm³/mol. The van der Waals surface area contributed by atoms with E-state index in [0.29, 0.717) is 57.2 Å². The van der Waals surface area contributed by atoms with Gasteiger partial charge in [0.1, 0.15) is 24.0 Å². The third kappa shape index (κ3) is 6.36. The standard InChI is InChI=1S/C25H23ClF5N3O4/c1-2-5-34-22(33-6-8-36-9-7-33)13-21(32-24(34)35)37-14-15-10-16(27)11-20(28)23(15)38-17-3-4-19(26)18(12-17)25(29,30)31/h3-4,10-13H,2,5-9,14H2,1H3. The number of morpholine rings is 1. The maximum Gasteiger partial charge on any atom is 0.417 e. The van der Waals surface area contributed by atoms with Crippen LogP contribution in [0.3, 0.4) is 0 Å². The van der Waals surface area contributed by atoms with Gasteiger partial charge in [-0.05, 0) is 30.7 Å². The van der Waals surface area contributed by atoms with E-state index in [0.717, 1.165) is 18.2 Å². The molecule has 0 atom stereocenters. The van der Waals surface area contributed by atoms with Crippen molar-refractivity contribution in [3.63, 3.8) is 0 Å². The number of ether oxygens (including phenoxy) is 3. The highest BCUT2D eigenvalue weighted by Gasteiger charge is 2.34. The number of hydrogen-bond acceptors (Lipinski definition) is 6. The molecule has 0 amide bonds. The normalized spacial score (nSPS) is 14.0. The van der Waals surface area contributed by atoms with E-state index in [1.54, 1.807) is 6.07 Å². The number of rotatable bonds is 8. The van der Waals surface area contributed by atoms with Crippen LogP contribution in [0.5, 0.6) is 17.4 Å². The second-order valence-corrected chi connectivity index (χ2v) is 8.80. The SMILES string of the molecule is CCCn1c(N2CCOCC2)cc(OCc2cc(F)cc(F)c2Oc2ccc(Cl)c(C(F)(F)F)c2)nc1=O. The molecule has 1 saturated heterocycles. The number of alkyl halides is 3. The molecule has 1 aliphatic rings. The van der Waals surface area contributed by atoms with Gasteiger partial charge in [-0.3, -0.25) is 4.57 Å². The number of aromatic nitrogens is 2. The van der Waals surface area contributed by atoms with Gasteiger partial charge in [0.25, 0.3) is 0 Å². The van der Waals surface area contributed by atoms with E-state index in [4.69, 9.17) is 25.8 Å². The quantitative estimate of drug-likeness (QED) is 0.325. The summed E-state index contributed by atoms with van der Waals surface area (Å²) < 4.78 is 86.3. The molecule has 0 bridgehead atoms. The molecule has 4 rings (SSSR count). The second kappa shape index (κ2) is 11.6. The van der Waals surface area contributed by atoms with Crippen LogP contribution in [0, 0.1) is 11.6 Å². The van der Waals surface area contributed by atoms with Crippen LogP contribution in [0.25, 0.3) is 0 Å². The Labute approximate surface area is 219 Å². The first kappa shape index (κ1) is 27.6. The Morgan fingerprint density at radius 1 is 1.11 bits per heavy atom. The third-order valence-corrected chi connectivity index (χ3v) is 6.00. The summed E-state index contributed by atoms with van der Waals surface area (Å²) in [5.74, 6) is -2.57. The molecule has 0 spiro atoms. The Morgan fingerprint density at radius 3 is 2.53 bits per heavy atom. The van der Waals surface area contributed by atoms with Crippen LogP contribution in [0.2, 0.25) is 5.02 Å². The largest absolute Gasteiger partial charge is 0.472 e. The molecule has 204 valence electrons. The minimum absolute atomic E-state index is 0.0923. The van der Waals surface area contributed by atoms with Crippen LogP contribution < -0.4 is 20.1 Å². The molecule has 0 N–H and O–H groups in total. The van der Waals surface area contributed by atoms with E-state index < -0.39 is 46.4 Å². The molecule has 1 aliphatic heterocycles. The average Bonchev–Trinajstić information content (AvgIpc) is 2.86. The number of hydrogen-bond donors (Lipinski definition) is 0. The summed E-state index contributed by atoms with van der Waals surface area (Å²) in [5.41, 5.74) is -1.89. The molecule has 2 heterocycles. The van der Waals surface area contributed by atoms with E-state index in [1.807, 2.05) is 11.8 Å². The van der Waals surface area contributed by atoms with Crippen LogP contribution in [0.15, 0.2) is 41.2 Å². The number of nitrogens with zero attached hydrogens (tertiary/aromatic N) is 3. The van der Waals surface area contributed by atoms with Gasteiger partial charge in [0.2, 0.25) is 5.88 Å². The molecule has 0 saturated carbocycles. The molecule has 13 heteroatoms. The zero-order valence-electron chi connectivity index (χ0n) is 20.2. The fourth-order valence-corrected chi connectivity index (χ4v) is 4.15. The molecule has 0 aliphatic carbocycles. The fraction of sp³-hybridized carbons (Fsp3) is 0.360. The maximum atomic E-state index is 14.7. The highest BCUT2D eigenvalue weighted by molar-refractivity contribution is 6.31. The van der Waals surface area contributed by atoms with Crippen LogP contribution in [-0.2, 0) is 24.1 Å². The lowest BCUT2D eigenvalue weighted by Gasteiger charge is -2.30. The van der Waals surface area contributed by atoms with Gasteiger partial charge in [-0.25, -0.2) is 13.6 Å². The van der Waals surface area contributed by atoms with Gasteiger partial charge in [-0.1, -0.05) is 18.5 Å². The van der Waals surface area contributed by atoms with E-state index >= 15 is 0 Å². The summed E-state index contributed by atoms with van der Waals surface area (Å²) >= 11 is 5.63. The predicted octanol–water partition coefficient (Wildman–Crippen LogP) is 5.81. The van der Waals surface area contributed by atoms with Gasteiger partial charge >= 0.3 is 11.9 Å². The van der Waals surface area contributed by atoms with Crippen LogP contribution in [-0.4, -0.2) is 35.9 Å². The molecular formula is C25H23ClF5N3O4. The van der Waals surface area contributed by atoms with Crippen molar-refractivity contribution in [2.75, 3.05) is 31.2 Å². The van der Waals surface area contributed by atoms with Crippen molar-refractivity contribution < 1.29 is 36.2 Å².